The fourth-order valence-corrected chi connectivity index (χ4v) is 2.90. The molecule has 0 fully saturated rings. The van der Waals surface area contributed by atoms with Gasteiger partial charge in [0.05, 0.1) is 17.5 Å². The number of hydrogen-bond donors (Lipinski definition) is 2. The third-order valence-electron chi connectivity index (χ3n) is 3.60. The van der Waals surface area contributed by atoms with Crippen molar-refractivity contribution >= 4 is 27.3 Å². The lowest BCUT2D eigenvalue weighted by Gasteiger charge is -2.13. The summed E-state index contributed by atoms with van der Waals surface area (Å²) in [6, 6.07) is 7.81. The van der Waals surface area contributed by atoms with Crippen LogP contribution in [0.2, 0.25) is 0 Å². The van der Waals surface area contributed by atoms with Crippen LogP contribution in [-0.2, 0) is 16.2 Å². The number of carbonyl (C=O) groups excluding carboxylic acids is 1. The van der Waals surface area contributed by atoms with Gasteiger partial charge in [0.2, 0.25) is 10.0 Å². The standard InChI is InChI=1S/C17H17F3N2O3S/c1-10-5-7-13(9-14(10)17(18,19)20)21-16(23)12-6-4-11(2)15(8-12)22-26(3,24)25/h4-9,22H,1-3H3,(H,21,23). The third kappa shape index (κ3) is 4.98. The molecule has 2 aromatic carbocycles. The Balaban J connectivity index is 2.30. The van der Waals surface area contributed by atoms with E-state index in [0.29, 0.717) is 5.56 Å². The molecule has 0 aliphatic rings. The second kappa shape index (κ2) is 6.99. The van der Waals surface area contributed by atoms with E-state index >= 15 is 0 Å². The zero-order valence-electron chi connectivity index (χ0n) is 14.2. The molecule has 0 spiro atoms. The molecule has 2 rings (SSSR count). The molecule has 0 aliphatic heterocycles. The number of benzene rings is 2. The van der Waals surface area contributed by atoms with Crippen LogP contribution in [0.4, 0.5) is 24.5 Å². The number of halogens is 3. The summed E-state index contributed by atoms with van der Waals surface area (Å²) in [4.78, 5) is 12.3. The number of rotatable bonds is 4. The van der Waals surface area contributed by atoms with Gasteiger partial charge in [-0.25, -0.2) is 8.42 Å². The Hall–Kier alpha value is -2.55. The number of alkyl halides is 3. The summed E-state index contributed by atoms with van der Waals surface area (Å²) in [6.07, 6.45) is -3.55. The Morgan fingerprint density at radius 2 is 1.62 bits per heavy atom. The monoisotopic (exact) mass is 386 g/mol. The van der Waals surface area contributed by atoms with Gasteiger partial charge >= 0.3 is 6.18 Å². The van der Waals surface area contributed by atoms with Crippen molar-refractivity contribution in [2.75, 3.05) is 16.3 Å². The number of hydrogen-bond acceptors (Lipinski definition) is 3. The lowest BCUT2D eigenvalue weighted by molar-refractivity contribution is -0.138. The zero-order chi connectivity index (χ0) is 19.7. The third-order valence-corrected chi connectivity index (χ3v) is 4.19. The maximum Gasteiger partial charge on any atom is 0.416 e. The van der Waals surface area contributed by atoms with Crippen LogP contribution in [0.25, 0.3) is 0 Å². The molecule has 9 heteroatoms. The second-order valence-corrected chi connectivity index (χ2v) is 7.63. The number of aryl methyl sites for hydroxylation is 2. The van der Waals surface area contributed by atoms with E-state index in [1.54, 1.807) is 13.0 Å². The SMILES string of the molecule is Cc1ccc(C(=O)Nc2ccc(C)c(C(F)(F)F)c2)cc1NS(C)(=O)=O. The topological polar surface area (TPSA) is 75.3 Å². The van der Waals surface area contributed by atoms with Crippen molar-refractivity contribution < 1.29 is 26.4 Å². The van der Waals surface area contributed by atoms with Gasteiger partial charge in [-0.1, -0.05) is 12.1 Å². The van der Waals surface area contributed by atoms with Gasteiger partial charge in [-0.05, 0) is 49.2 Å². The molecular weight excluding hydrogens is 369 g/mol. The van der Waals surface area contributed by atoms with Crippen molar-refractivity contribution in [2.45, 2.75) is 20.0 Å². The van der Waals surface area contributed by atoms with Gasteiger partial charge in [0, 0.05) is 11.3 Å². The van der Waals surface area contributed by atoms with E-state index in [1.165, 1.54) is 31.2 Å². The van der Waals surface area contributed by atoms with Crippen molar-refractivity contribution in [1.82, 2.24) is 0 Å². The predicted molar refractivity (Wildman–Crippen MR) is 93.8 cm³/mol. The fourth-order valence-electron chi connectivity index (χ4n) is 2.28. The molecule has 2 N–H and O–H groups in total. The highest BCUT2D eigenvalue weighted by molar-refractivity contribution is 7.92. The summed E-state index contributed by atoms with van der Waals surface area (Å²) in [6.45, 7) is 2.99. The van der Waals surface area contributed by atoms with Gasteiger partial charge in [0.1, 0.15) is 0 Å². The van der Waals surface area contributed by atoms with Crippen molar-refractivity contribution in [3.63, 3.8) is 0 Å². The van der Waals surface area contributed by atoms with Crippen LogP contribution in [0.1, 0.15) is 27.0 Å². The van der Waals surface area contributed by atoms with Gasteiger partial charge in [-0.3, -0.25) is 9.52 Å². The van der Waals surface area contributed by atoms with Crippen molar-refractivity contribution in [3.8, 4) is 0 Å². The molecule has 5 nitrogen and oxygen atoms in total. The molecule has 0 radical (unpaired) electrons. The van der Waals surface area contributed by atoms with Crippen LogP contribution < -0.4 is 10.0 Å². The number of amides is 1. The van der Waals surface area contributed by atoms with Gasteiger partial charge in [-0.2, -0.15) is 13.2 Å². The highest BCUT2D eigenvalue weighted by atomic mass is 32.2. The molecule has 0 unspecified atom stereocenters. The molecule has 0 aliphatic carbocycles. The normalized spacial score (nSPS) is 11.9. The quantitative estimate of drug-likeness (QED) is 0.836. The van der Waals surface area contributed by atoms with Crippen LogP contribution in [-0.4, -0.2) is 20.6 Å². The van der Waals surface area contributed by atoms with E-state index in [9.17, 15) is 26.4 Å². The lowest BCUT2D eigenvalue weighted by atomic mass is 10.1. The average Bonchev–Trinajstić information content (AvgIpc) is 2.49. The number of carbonyl (C=O) groups is 1. The highest BCUT2D eigenvalue weighted by Gasteiger charge is 2.32. The number of nitrogens with one attached hydrogen (secondary N) is 2. The van der Waals surface area contributed by atoms with Crippen LogP contribution in [0, 0.1) is 13.8 Å². The first-order valence-electron chi connectivity index (χ1n) is 7.44. The summed E-state index contributed by atoms with van der Waals surface area (Å²) in [5.41, 5.74) is 0.132. The molecule has 0 saturated carbocycles. The smallest absolute Gasteiger partial charge is 0.322 e. The Morgan fingerprint density at radius 1 is 1.00 bits per heavy atom. The van der Waals surface area contributed by atoms with Crippen molar-refractivity contribution in [3.05, 3.63) is 58.7 Å². The van der Waals surface area contributed by atoms with Crippen LogP contribution >= 0.6 is 0 Å². The van der Waals surface area contributed by atoms with Gasteiger partial charge < -0.3 is 5.32 Å². The zero-order valence-corrected chi connectivity index (χ0v) is 15.0. The molecule has 0 aromatic heterocycles. The minimum absolute atomic E-state index is 0.00822. The minimum atomic E-state index is -4.53. The molecule has 26 heavy (non-hydrogen) atoms. The molecule has 0 saturated heterocycles. The number of sulfonamides is 1. The average molecular weight is 386 g/mol. The first-order valence-corrected chi connectivity index (χ1v) is 9.33. The molecule has 0 heterocycles. The number of anilines is 2. The Morgan fingerprint density at radius 3 is 2.19 bits per heavy atom. The molecular formula is C17H17F3N2O3S. The molecule has 140 valence electrons. The first kappa shape index (κ1) is 19.8. The summed E-state index contributed by atoms with van der Waals surface area (Å²) >= 11 is 0. The van der Waals surface area contributed by atoms with E-state index in [1.807, 2.05) is 0 Å². The van der Waals surface area contributed by atoms with Gasteiger partial charge in [-0.15, -0.1) is 0 Å². The van der Waals surface area contributed by atoms with E-state index in [2.05, 4.69) is 10.0 Å². The minimum Gasteiger partial charge on any atom is -0.322 e. The fraction of sp³-hybridized carbons (Fsp3) is 0.235. The Kier molecular flexibility index (Phi) is 5.31. The summed E-state index contributed by atoms with van der Waals surface area (Å²) < 4.78 is 63.9. The summed E-state index contributed by atoms with van der Waals surface area (Å²) in [5, 5.41) is 2.39. The Bertz CT molecular complexity index is 954. The maximum atomic E-state index is 13.0. The van der Waals surface area contributed by atoms with Crippen LogP contribution in [0.5, 0.6) is 0 Å². The molecule has 1 amide bonds. The first-order chi connectivity index (χ1) is 11.9. The predicted octanol–water partition coefficient (Wildman–Crippen LogP) is 3.95. The van der Waals surface area contributed by atoms with Gasteiger partial charge in [0.25, 0.3) is 5.91 Å². The highest BCUT2D eigenvalue weighted by Crippen LogP contribution is 2.33. The van der Waals surface area contributed by atoms with E-state index in [0.717, 1.165) is 12.3 Å². The second-order valence-electron chi connectivity index (χ2n) is 5.89. The van der Waals surface area contributed by atoms with E-state index in [-0.39, 0.29) is 22.5 Å². The summed E-state index contributed by atoms with van der Waals surface area (Å²) in [5.74, 6) is -0.654. The molecule has 2 aromatic rings. The Labute approximate surface area is 149 Å². The lowest BCUT2D eigenvalue weighted by Crippen LogP contribution is -2.15. The van der Waals surface area contributed by atoms with E-state index in [4.69, 9.17) is 0 Å². The van der Waals surface area contributed by atoms with Crippen molar-refractivity contribution in [1.29, 1.82) is 0 Å². The molecule has 0 atom stereocenters. The van der Waals surface area contributed by atoms with Gasteiger partial charge in [0.15, 0.2) is 0 Å². The molecule has 0 bridgehead atoms. The largest absolute Gasteiger partial charge is 0.416 e. The van der Waals surface area contributed by atoms with Crippen LogP contribution in [0.3, 0.4) is 0 Å². The van der Waals surface area contributed by atoms with Crippen LogP contribution in [0.15, 0.2) is 36.4 Å². The van der Waals surface area contributed by atoms with Crippen molar-refractivity contribution in [2.24, 2.45) is 0 Å². The summed E-state index contributed by atoms with van der Waals surface area (Å²) in [7, 11) is -3.53. The van der Waals surface area contributed by atoms with E-state index < -0.39 is 27.7 Å². The maximum absolute atomic E-state index is 13.0.